The molecular formula is C13H9BrN4O2S. The minimum atomic E-state index is -0.410. The zero-order chi connectivity index (χ0) is 15.0. The molecule has 2 heterocycles. The van der Waals surface area contributed by atoms with Gasteiger partial charge in [-0.3, -0.25) is 15.2 Å². The fraction of sp³-hybridized carbons (Fsp3) is 0. The first-order chi connectivity index (χ1) is 10.1. The highest BCUT2D eigenvalue weighted by Crippen LogP contribution is 2.40. The fourth-order valence-corrected chi connectivity index (χ4v) is 3.25. The second-order valence-electron chi connectivity index (χ2n) is 4.26. The van der Waals surface area contributed by atoms with E-state index in [0.717, 1.165) is 31.8 Å². The highest BCUT2D eigenvalue weighted by molar-refractivity contribution is 9.10. The van der Waals surface area contributed by atoms with Crippen LogP contribution in [0.4, 0.5) is 10.8 Å². The van der Waals surface area contributed by atoms with Crippen molar-refractivity contribution < 1.29 is 4.92 Å². The molecule has 0 amide bonds. The lowest BCUT2D eigenvalue weighted by atomic mass is 10.0. The van der Waals surface area contributed by atoms with E-state index in [1.165, 1.54) is 6.07 Å². The molecule has 0 fully saturated rings. The maximum atomic E-state index is 10.8. The molecule has 0 spiro atoms. The molecule has 0 aliphatic carbocycles. The molecule has 3 aromatic rings. The first kappa shape index (κ1) is 13.8. The summed E-state index contributed by atoms with van der Waals surface area (Å²) in [5, 5.41) is 17.8. The van der Waals surface area contributed by atoms with E-state index in [1.807, 2.05) is 24.3 Å². The van der Waals surface area contributed by atoms with Crippen LogP contribution in [-0.4, -0.2) is 15.1 Å². The van der Waals surface area contributed by atoms with E-state index in [2.05, 4.69) is 26.1 Å². The van der Waals surface area contributed by atoms with Crippen LogP contribution in [0.25, 0.3) is 21.7 Å². The number of hydrogen-bond acceptors (Lipinski definition) is 5. The van der Waals surface area contributed by atoms with E-state index in [0.29, 0.717) is 11.5 Å². The Labute approximate surface area is 131 Å². The Bertz CT molecular complexity index is 827. The van der Waals surface area contributed by atoms with Crippen LogP contribution in [0.3, 0.4) is 0 Å². The first-order valence-corrected chi connectivity index (χ1v) is 7.51. The predicted molar refractivity (Wildman–Crippen MR) is 86.1 cm³/mol. The number of hydrogen-bond donors (Lipinski definition) is 2. The molecule has 0 saturated heterocycles. The molecule has 8 heteroatoms. The number of nitrogen functional groups attached to an aromatic ring is 1. The number of aromatic amines is 1. The maximum Gasteiger partial charge on any atom is 0.324 e. The molecule has 3 N–H and O–H groups in total. The third-order valence-corrected chi connectivity index (χ3v) is 4.47. The monoisotopic (exact) mass is 364 g/mol. The third kappa shape index (κ3) is 2.55. The van der Waals surface area contributed by atoms with Crippen molar-refractivity contribution in [3.05, 3.63) is 51.0 Å². The molecule has 106 valence electrons. The van der Waals surface area contributed by atoms with E-state index in [4.69, 9.17) is 5.73 Å². The van der Waals surface area contributed by atoms with Gasteiger partial charge in [0, 0.05) is 10.5 Å². The highest BCUT2D eigenvalue weighted by atomic mass is 79.9. The lowest BCUT2D eigenvalue weighted by Gasteiger charge is -2.03. The summed E-state index contributed by atoms with van der Waals surface area (Å²) in [5.41, 5.74) is 8.26. The van der Waals surface area contributed by atoms with Gasteiger partial charge in [-0.15, -0.1) is 0 Å². The number of nitrogens with one attached hydrogen (secondary N) is 1. The van der Waals surface area contributed by atoms with E-state index >= 15 is 0 Å². The molecule has 1 aromatic carbocycles. The van der Waals surface area contributed by atoms with Gasteiger partial charge in [0.2, 0.25) is 0 Å². The Morgan fingerprint density at radius 1 is 1.33 bits per heavy atom. The molecule has 0 aliphatic heterocycles. The molecule has 3 rings (SSSR count). The summed E-state index contributed by atoms with van der Waals surface area (Å²) in [6, 6.07) is 10.8. The van der Waals surface area contributed by atoms with E-state index in [-0.39, 0.29) is 5.00 Å². The number of anilines is 1. The van der Waals surface area contributed by atoms with Gasteiger partial charge in [-0.1, -0.05) is 39.4 Å². The third-order valence-electron chi connectivity index (χ3n) is 2.93. The number of nitrogens with two attached hydrogens (primary N) is 1. The molecule has 0 saturated carbocycles. The molecule has 0 radical (unpaired) electrons. The largest absolute Gasteiger partial charge is 0.382 e. The van der Waals surface area contributed by atoms with Crippen molar-refractivity contribution in [2.45, 2.75) is 0 Å². The van der Waals surface area contributed by atoms with Gasteiger partial charge in [0.25, 0.3) is 0 Å². The number of nitrogens with zero attached hydrogens (tertiary/aromatic N) is 2. The molecule has 6 nitrogen and oxygen atoms in total. The van der Waals surface area contributed by atoms with Crippen LogP contribution in [0.5, 0.6) is 0 Å². The van der Waals surface area contributed by atoms with Gasteiger partial charge >= 0.3 is 5.00 Å². The molecule has 21 heavy (non-hydrogen) atoms. The van der Waals surface area contributed by atoms with Crippen LogP contribution >= 0.6 is 27.3 Å². The van der Waals surface area contributed by atoms with Crippen molar-refractivity contribution in [3.63, 3.8) is 0 Å². The second-order valence-corrected chi connectivity index (χ2v) is 6.24. The summed E-state index contributed by atoms with van der Waals surface area (Å²) >= 11 is 4.50. The van der Waals surface area contributed by atoms with Gasteiger partial charge in [0.15, 0.2) is 5.82 Å². The van der Waals surface area contributed by atoms with Crippen LogP contribution in [-0.2, 0) is 0 Å². The summed E-state index contributed by atoms with van der Waals surface area (Å²) in [5.74, 6) is 0.360. The molecule has 2 aromatic heterocycles. The van der Waals surface area contributed by atoms with Crippen molar-refractivity contribution >= 4 is 38.1 Å². The minimum Gasteiger partial charge on any atom is -0.382 e. The Kier molecular flexibility index (Phi) is 3.48. The molecular weight excluding hydrogens is 356 g/mol. The Morgan fingerprint density at radius 3 is 2.81 bits per heavy atom. The molecule has 0 unspecified atom stereocenters. The van der Waals surface area contributed by atoms with Crippen molar-refractivity contribution in [2.24, 2.45) is 0 Å². The molecule has 0 bridgehead atoms. The lowest BCUT2D eigenvalue weighted by Crippen LogP contribution is -1.88. The van der Waals surface area contributed by atoms with E-state index < -0.39 is 4.92 Å². The van der Waals surface area contributed by atoms with Crippen molar-refractivity contribution in [3.8, 4) is 21.7 Å². The smallest absolute Gasteiger partial charge is 0.324 e. The highest BCUT2D eigenvalue weighted by Gasteiger charge is 2.19. The molecule has 0 atom stereocenters. The number of benzene rings is 1. The Balaban J connectivity index is 2.14. The van der Waals surface area contributed by atoms with Crippen molar-refractivity contribution in [1.29, 1.82) is 0 Å². The van der Waals surface area contributed by atoms with E-state index in [1.54, 1.807) is 6.07 Å². The average Bonchev–Trinajstić information content (AvgIpc) is 3.05. The first-order valence-electron chi connectivity index (χ1n) is 5.90. The summed E-state index contributed by atoms with van der Waals surface area (Å²) in [6.07, 6.45) is 0. The maximum absolute atomic E-state index is 10.8. The summed E-state index contributed by atoms with van der Waals surface area (Å²) in [7, 11) is 0. The number of nitro groups is 1. The van der Waals surface area contributed by atoms with Gasteiger partial charge < -0.3 is 5.73 Å². The standard InChI is InChI=1S/C13H9BrN4O2S/c14-8-3-1-2-7(6-8)11-12(16-17-13(11)15)9-4-5-10(21-9)18(19)20/h1-6H,(H3,15,16,17). The van der Waals surface area contributed by atoms with Crippen LogP contribution < -0.4 is 5.73 Å². The topological polar surface area (TPSA) is 97.8 Å². The van der Waals surface area contributed by atoms with Crippen molar-refractivity contribution in [1.82, 2.24) is 10.2 Å². The summed E-state index contributed by atoms with van der Waals surface area (Å²) in [6.45, 7) is 0. The zero-order valence-electron chi connectivity index (χ0n) is 10.5. The fourth-order valence-electron chi connectivity index (χ4n) is 2.03. The second kappa shape index (κ2) is 5.30. The predicted octanol–water partition coefficient (Wildman–Crippen LogP) is 4.06. The van der Waals surface area contributed by atoms with Crippen LogP contribution in [0.1, 0.15) is 0 Å². The lowest BCUT2D eigenvalue weighted by molar-refractivity contribution is -0.380. The summed E-state index contributed by atoms with van der Waals surface area (Å²) < 4.78 is 0.920. The molecule has 0 aliphatic rings. The average molecular weight is 365 g/mol. The quantitative estimate of drug-likeness (QED) is 0.540. The number of halogens is 1. The summed E-state index contributed by atoms with van der Waals surface area (Å²) in [4.78, 5) is 11.1. The number of rotatable bonds is 3. The van der Waals surface area contributed by atoms with Crippen LogP contribution in [0.2, 0.25) is 0 Å². The van der Waals surface area contributed by atoms with Gasteiger partial charge in [0.1, 0.15) is 0 Å². The van der Waals surface area contributed by atoms with Gasteiger partial charge in [-0.05, 0) is 23.8 Å². The van der Waals surface area contributed by atoms with Crippen LogP contribution in [0.15, 0.2) is 40.9 Å². The van der Waals surface area contributed by atoms with Gasteiger partial charge in [0.05, 0.1) is 21.1 Å². The van der Waals surface area contributed by atoms with Crippen molar-refractivity contribution in [2.75, 3.05) is 5.73 Å². The normalized spacial score (nSPS) is 10.7. The van der Waals surface area contributed by atoms with Crippen LogP contribution in [0, 0.1) is 10.1 Å². The minimum absolute atomic E-state index is 0.0818. The zero-order valence-corrected chi connectivity index (χ0v) is 12.9. The van der Waals surface area contributed by atoms with E-state index in [9.17, 15) is 10.1 Å². The number of H-pyrrole nitrogens is 1. The number of aromatic nitrogens is 2. The van der Waals surface area contributed by atoms with Gasteiger partial charge in [-0.2, -0.15) is 5.10 Å². The Hall–Kier alpha value is -2.19. The van der Waals surface area contributed by atoms with Gasteiger partial charge in [-0.25, -0.2) is 0 Å². The number of thiophene rings is 1. The SMILES string of the molecule is Nc1n[nH]c(-c2ccc([N+](=O)[O-])s2)c1-c1cccc(Br)c1. The Morgan fingerprint density at radius 2 is 2.14 bits per heavy atom.